The van der Waals surface area contributed by atoms with Crippen LogP contribution in [0.15, 0.2) is 36.4 Å². The number of aliphatic hydroxyl groups excluding tert-OH is 1. The van der Waals surface area contributed by atoms with Crippen LogP contribution in [0.25, 0.3) is 0 Å². The Balaban J connectivity index is 2.33. The average Bonchev–Trinajstić information content (AvgIpc) is 2.43. The van der Waals surface area contributed by atoms with Crippen molar-refractivity contribution in [1.29, 1.82) is 0 Å². The monoisotopic (exact) mass is 291 g/mol. The molecule has 0 saturated heterocycles. The summed E-state index contributed by atoms with van der Waals surface area (Å²) in [6.45, 7) is 3.02. The van der Waals surface area contributed by atoms with Gasteiger partial charge in [-0.05, 0) is 31.5 Å². The number of rotatable bonds is 3. The molecule has 21 heavy (non-hydrogen) atoms. The minimum absolute atomic E-state index is 0.186. The second-order valence-corrected chi connectivity index (χ2v) is 4.80. The number of anilines is 1. The summed E-state index contributed by atoms with van der Waals surface area (Å²) in [6.07, 6.45) is -0.777. The molecule has 2 aromatic rings. The topological polar surface area (TPSA) is 49.3 Å². The highest BCUT2D eigenvalue weighted by atomic mass is 19.1. The van der Waals surface area contributed by atoms with E-state index in [-0.39, 0.29) is 11.1 Å². The van der Waals surface area contributed by atoms with Gasteiger partial charge in [0, 0.05) is 17.3 Å². The van der Waals surface area contributed by atoms with Crippen LogP contribution in [0.5, 0.6) is 0 Å². The van der Waals surface area contributed by atoms with Gasteiger partial charge in [-0.1, -0.05) is 18.2 Å². The van der Waals surface area contributed by atoms with Gasteiger partial charge in [-0.3, -0.25) is 4.79 Å². The van der Waals surface area contributed by atoms with Gasteiger partial charge in [0.25, 0.3) is 5.91 Å². The lowest BCUT2D eigenvalue weighted by Gasteiger charge is -2.13. The Morgan fingerprint density at radius 3 is 2.52 bits per heavy atom. The van der Waals surface area contributed by atoms with E-state index in [1.807, 2.05) is 0 Å². The van der Waals surface area contributed by atoms with E-state index in [4.69, 9.17) is 0 Å². The van der Waals surface area contributed by atoms with Gasteiger partial charge in [-0.15, -0.1) is 0 Å². The maximum absolute atomic E-state index is 13.7. The Labute approximate surface area is 121 Å². The lowest BCUT2D eigenvalue weighted by atomic mass is 10.1. The fourth-order valence-electron chi connectivity index (χ4n) is 2.00. The number of hydrogen-bond acceptors (Lipinski definition) is 2. The standard InChI is InChI=1S/C16H15F2NO2/c1-9-7-12(14(18)8-13(9)17)16(21)19-15-6-4-3-5-11(15)10(2)20/h3-8,10,20H,1-2H3,(H,19,21). The predicted octanol–water partition coefficient (Wildman–Crippen LogP) is 3.58. The van der Waals surface area contributed by atoms with Crippen molar-refractivity contribution in [3.05, 3.63) is 64.7 Å². The Hall–Kier alpha value is -2.27. The first kappa shape index (κ1) is 15.1. The van der Waals surface area contributed by atoms with Crippen molar-refractivity contribution in [2.75, 3.05) is 5.32 Å². The molecule has 1 amide bonds. The van der Waals surface area contributed by atoms with Gasteiger partial charge >= 0.3 is 0 Å². The van der Waals surface area contributed by atoms with E-state index < -0.39 is 23.6 Å². The number of aliphatic hydroxyl groups is 1. The zero-order chi connectivity index (χ0) is 15.6. The van der Waals surface area contributed by atoms with Crippen LogP contribution in [-0.4, -0.2) is 11.0 Å². The molecule has 2 aromatic carbocycles. The normalized spacial score (nSPS) is 12.0. The second kappa shape index (κ2) is 6.01. The Morgan fingerprint density at radius 1 is 1.19 bits per heavy atom. The smallest absolute Gasteiger partial charge is 0.258 e. The SMILES string of the molecule is Cc1cc(C(=O)Nc2ccccc2C(C)O)c(F)cc1F. The number of benzene rings is 2. The van der Waals surface area contributed by atoms with E-state index >= 15 is 0 Å². The molecule has 0 aromatic heterocycles. The number of carbonyl (C=O) groups excluding carboxylic acids is 1. The molecule has 110 valence electrons. The molecular weight excluding hydrogens is 276 g/mol. The zero-order valence-corrected chi connectivity index (χ0v) is 11.7. The molecule has 0 saturated carbocycles. The highest BCUT2D eigenvalue weighted by Gasteiger charge is 2.16. The third-order valence-corrected chi connectivity index (χ3v) is 3.15. The molecule has 0 bridgehead atoms. The first-order valence-electron chi connectivity index (χ1n) is 6.44. The van der Waals surface area contributed by atoms with Crippen LogP contribution >= 0.6 is 0 Å². The number of halogens is 2. The largest absolute Gasteiger partial charge is 0.389 e. The molecule has 3 nitrogen and oxygen atoms in total. The van der Waals surface area contributed by atoms with Crippen molar-refractivity contribution in [3.8, 4) is 0 Å². The van der Waals surface area contributed by atoms with Crippen molar-refractivity contribution >= 4 is 11.6 Å². The van der Waals surface area contributed by atoms with E-state index in [0.29, 0.717) is 17.3 Å². The molecule has 1 unspecified atom stereocenters. The van der Waals surface area contributed by atoms with Gasteiger partial charge in [0.15, 0.2) is 0 Å². The van der Waals surface area contributed by atoms with Gasteiger partial charge in [-0.2, -0.15) is 0 Å². The molecular formula is C16H15F2NO2. The number of para-hydroxylation sites is 1. The molecule has 2 N–H and O–H groups in total. The third-order valence-electron chi connectivity index (χ3n) is 3.15. The second-order valence-electron chi connectivity index (χ2n) is 4.80. The van der Waals surface area contributed by atoms with Gasteiger partial charge in [-0.25, -0.2) is 8.78 Å². The summed E-state index contributed by atoms with van der Waals surface area (Å²) in [5, 5.41) is 12.2. The molecule has 0 radical (unpaired) electrons. The Morgan fingerprint density at radius 2 is 1.86 bits per heavy atom. The fourth-order valence-corrected chi connectivity index (χ4v) is 2.00. The van der Waals surface area contributed by atoms with E-state index in [0.717, 1.165) is 6.07 Å². The van der Waals surface area contributed by atoms with Crippen LogP contribution in [0.3, 0.4) is 0 Å². The summed E-state index contributed by atoms with van der Waals surface area (Å²) in [6, 6.07) is 8.52. The van der Waals surface area contributed by atoms with Crippen molar-refractivity contribution in [1.82, 2.24) is 0 Å². The maximum Gasteiger partial charge on any atom is 0.258 e. The van der Waals surface area contributed by atoms with Gasteiger partial charge in [0.05, 0.1) is 11.7 Å². The van der Waals surface area contributed by atoms with Crippen LogP contribution in [0, 0.1) is 18.6 Å². The van der Waals surface area contributed by atoms with E-state index in [9.17, 15) is 18.7 Å². The quantitative estimate of drug-likeness (QED) is 0.908. The highest BCUT2D eigenvalue weighted by Crippen LogP contribution is 2.23. The molecule has 0 aliphatic heterocycles. The molecule has 0 spiro atoms. The third kappa shape index (κ3) is 3.25. The predicted molar refractivity (Wildman–Crippen MR) is 76.1 cm³/mol. The lowest BCUT2D eigenvalue weighted by molar-refractivity contribution is 0.102. The number of amides is 1. The first-order valence-corrected chi connectivity index (χ1v) is 6.44. The summed E-state index contributed by atoms with van der Waals surface area (Å²) in [5.74, 6) is -2.32. The lowest BCUT2D eigenvalue weighted by Crippen LogP contribution is -2.16. The molecule has 5 heteroatoms. The van der Waals surface area contributed by atoms with E-state index in [2.05, 4.69) is 5.32 Å². The van der Waals surface area contributed by atoms with Crippen molar-refractivity contribution in [2.45, 2.75) is 20.0 Å². The van der Waals surface area contributed by atoms with Crippen LogP contribution in [-0.2, 0) is 0 Å². The number of nitrogens with one attached hydrogen (secondary N) is 1. The highest BCUT2D eigenvalue weighted by molar-refractivity contribution is 6.05. The first-order chi connectivity index (χ1) is 9.90. The summed E-state index contributed by atoms with van der Waals surface area (Å²) in [7, 11) is 0. The van der Waals surface area contributed by atoms with E-state index in [1.54, 1.807) is 31.2 Å². The molecule has 0 heterocycles. The minimum atomic E-state index is -0.926. The fraction of sp³-hybridized carbons (Fsp3) is 0.188. The van der Waals surface area contributed by atoms with Crippen LogP contribution in [0.1, 0.15) is 34.5 Å². The van der Waals surface area contributed by atoms with Crippen LogP contribution in [0.2, 0.25) is 0 Å². The van der Waals surface area contributed by atoms with Crippen molar-refractivity contribution in [2.24, 2.45) is 0 Å². The number of aryl methyl sites for hydroxylation is 1. The van der Waals surface area contributed by atoms with Crippen molar-refractivity contribution in [3.63, 3.8) is 0 Å². The van der Waals surface area contributed by atoms with Gasteiger partial charge in [0.2, 0.25) is 0 Å². The molecule has 0 fully saturated rings. The van der Waals surface area contributed by atoms with Gasteiger partial charge < -0.3 is 10.4 Å². The summed E-state index contributed by atoms with van der Waals surface area (Å²) in [5.41, 5.74) is 0.851. The number of hydrogen-bond donors (Lipinski definition) is 2. The van der Waals surface area contributed by atoms with Crippen LogP contribution in [0.4, 0.5) is 14.5 Å². The molecule has 0 aliphatic rings. The minimum Gasteiger partial charge on any atom is -0.389 e. The maximum atomic E-state index is 13.7. The molecule has 2 rings (SSSR count). The summed E-state index contributed by atoms with van der Waals surface area (Å²) in [4.78, 5) is 12.1. The zero-order valence-electron chi connectivity index (χ0n) is 11.7. The molecule has 1 atom stereocenters. The van der Waals surface area contributed by atoms with Gasteiger partial charge in [0.1, 0.15) is 11.6 Å². The summed E-state index contributed by atoms with van der Waals surface area (Å²) >= 11 is 0. The number of carbonyl (C=O) groups is 1. The Bertz CT molecular complexity index is 684. The Kier molecular flexibility index (Phi) is 4.33. The van der Waals surface area contributed by atoms with Crippen molar-refractivity contribution < 1.29 is 18.7 Å². The van der Waals surface area contributed by atoms with Crippen LogP contribution < -0.4 is 5.32 Å². The van der Waals surface area contributed by atoms with E-state index in [1.165, 1.54) is 6.92 Å². The molecule has 0 aliphatic carbocycles. The summed E-state index contributed by atoms with van der Waals surface area (Å²) < 4.78 is 26.9. The average molecular weight is 291 g/mol.